The van der Waals surface area contributed by atoms with Gasteiger partial charge in [-0.05, 0) is 79.6 Å². The molecule has 8 heteroatoms. The van der Waals surface area contributed by atoms with Crippen LogP contribution in [-0.2, 0) is 14.8 Å². The van der Waals surface area contributed by atoms with Gasteiger partial charge in [0.25, 0.3) is 0 Å². The highest BCUT2D eigenvalue weighted by molar-refractivity contribution is 7.89. The normalized spacial score (nSPS) is 16.8. The van der Waals surface area contributed by atoms with Gasteiger partial charge in [0.15, 0.2) is 0 Å². The number of piperidine rings is 1. The molecule has 3 aromatic rings. The van der Waals surface area contributed by atoms with Crippen LogP contribution in [0.25, 0.3) is 0 Å². The van der Waals surface area contributed by atoms with E-state index in [0.717, 1.165) is 24.0 Å². The van der Waals surface area contributed by atoms with Crippen LogP contribution in [0.15, 0.2) is 83.8 Å². The Morgan fingerprint density at radius 2 is 1.29 bits per heavy atom. The molecule has 200 valence electrons. The van der Waals surface area contributed by atoms with E-state index in [9.17, 15) is 22.0 Å². The van der Waals surface area contributed by atoms with Crippen LogP contribution >= 0.6 is 0 Å². The summed E-state index contributed by atoms with van der Waals surface area (Å²) in [5, 5.41) is 0. The number of benzene rings is 3. The van der Waals surface area contributed by atoms with Crippen molar-refractivity contribution in [2.24, 2.45) is 0 Å². The third-order valence-electron chi connectivity index (χ3n) is 7.59. The monoisotopic (exact) mass is 538 g/mol. The first kappa shape index (κ1) is 26.5. The Hall–Kier alpha value is -3.10. The van der Waals surface area contributed by atoms with Crippen molar-refractivity contribution < 1.29 is 22.0 Å². The first-order valence-corrected chi connectivity index (χ1v) is 14.6. The Labute approximate surface area is 223 Å². The van der Waals surface area contributed by atoms with Crippen LogP contribution in [0.4, 0.5) is 8.78 Å². The van der Waals surface area contributed by atoms with E-state index in [1.54, 1.807) is 58.9 Å². The van der Waals surface area contributed by atoms with Crippen LogP contribution < -0.4 is 0 Å². The van der Waals surface area contributed by atoms with Gasteiger partial charge in [0.2, 0.25) is 15.9 Å². The minimum Gasteiger partial charge on any atom is -0.343 e. The third kappa shape index (κ3) is 5.97. The molecule has 38 heavy (non-hydrogen) atoms. The van der Waals surface area contributed by atoms with Crippen LogP contribution in [0.5, 0.6) is 0 Å². The van der Waals surface area contributed by atoms with E-state index in [2.05, 4.69) is 0 Å². The van der Waals surface area contributed by atoms with Gasteiger partial charge in [-0.3, -0.25) is 4.79 Å². The predicted molar refractivity (Wildman–Crippen MR) is 142 cm³/mol. The molecule has 1 saturated carbocycles. The second kappa shape index (κ2) is 11.3. The first-order valence-electron chi connectivity index (χ1n) is 13.2. The molecular weight excluding hydrogens is 506 g/mol. The molecule has 0 bridgehead atoms. The van der Waals surface area contributed by atoms with Crippen molar-refractivity contribution in [3.63, 3.8) is 0 Å². The van der Waals surface area contributed by atoms with E-state index >= 15 is 0 Å². The summed E-state index contributed by atoms with van der Waals surface area (Å²) >= 11 is 0. The van der Waals surface area contributed by atoms with Crippen molar-refractivity contribution in [1.29, 1.82) is 0 Å². The molecule has 1 aliphatic carbocycles. The van der Waals surface area contributed by atoms with Gasteiger partial charge in [-0.1, -0.05) is 42.5 Å². The Morgan fingerprint density at radius 1 is 0.789 bits per heavy atom. The number of amides is 1. The Balaban J connectivity index is 1.23. The molecule has 1 saturated heterocycles. The highest BCUT2D eigenvalue weighted by Gasteiger charge is 2.43. The molecule has 0 aromatic heterocycles. The lowest BCUT2D eigenvalue weighted by atomic mass is 9.87. The van der Waals surface area contributed by atoms with Gasteiger partial charge >= 0.3 is 0 Å². The number of carbonyl (C=O) groups is 1. The maximum absolute atomic E-state index is 13.5. The Morgan fingerprint density at radius 3 is 1.79 bits per heavy atom. The fourth-order valence-electron chi connectivity index (χ4n) is 5.45. The van der Waals surface area contributed by atoms with Gasteiger partial charge in [0.05, 0.1) is 4.90 Å². The summed E-state index contributed by atoms with van der Waals surface area (Å²) in [5.41, 5.74) is 1.74. The number of hydrogen-bond acceptors (Lipinski definition) is 3. The number of sulfonamides is 1. The molecule has 2 fully saturated rings. The van der Waals surface area contributed by atoms with E-state index < -0.39 is 10.0 Å². The minimum atomic E-state index is -3.59. The number of carbonyl (C=O) groups excluding carboxylic acids is 1. The number of nitrogens with zero attached hydrogens (tertiary/aromatic N) is 2. The molecule has 0 atom stereocenters. The fourth-order valence-corrected chi connectivity index (χ4v) is 7.40. The van der Waals surface area contributed by atoms with Gasteiger partial charge in [-0.2, -0.15) is 4.31 Å². The summed E-state index contributed by atoms with van der Waals surface area (Å²) in [5.74, 6) is -0.819. The Kier molecular flexibility index (Phi) is 7.91. The molecule has 0 spiro atoms. The molecule has 0 radical (unpaired) electrons. The summed E-state index contributed by atoms with van der Waals surface area (Å²) in [4.78, 5) is 15.3. The van der Waals surface area contributed by atoms with Crippen LogP contribution in [0.2, 0.25) is 0 Å². The van der Waals surface area contributed by atoms with E-state index in [0.29, 0.717) is 43.7 Å². The van der Waals surface area contributed by atoms with E-state index in [4.69, 9.17) is 0 Å². The highest BCUT2D eigenvalue weighted by atomic mass is 32.2. The van der Waals surface area contributed by atoms with Crippen molar-refractivity contribution in [2.45, 2.75) is 61.4 Å². The minimum absolute atomic E-state index is 0.0153. The maximum Gasteiger partial charge on any atom is 0.243 e. The van der Waals surface area contributed by atoms with Crippen molar-refractivity contribution in [3.8, 4) is 0 Å². The summed E-state index contributed by atoms with van der Waals surface area (Å²) in [6.07, 6.45) is 3.76. The molecule has 0 N–H and O–H groups in total. The number of likely N-dealkylation sites (tertiary alicyclic amines) is 1. The van der Waals surface area contributed by atoms with Gasteiger partial charge in [0.1, 0.15) is 11.6 Å². The van der Waals surface area contributed by atoms with Gasteiger partial charge in [0, 0.05) is 37.5 Å². The maximum atomic E-state index is 13.5. The molecule has 1 heterocycles. The average molecular weight is 539 g/mol. The summed E-state index contributed by atoms with van der Waals surface area (Å²) < 4.78 is 55.6. The van der Waals surface area contributed by atoms with E-state index in [1.807, 2.05) is 4.90 Å². The zero-order valence-electron chi connectivity index (χ0n) is 21.2. The average Bonchev–Trinajstić information content (AvgIpc) is 3.76. The van der Waals surface area contributed by atoms with Crippen molar-refractivity contribution >= 4 is 15.9 Å². The SMILES string of the molecule is O=C(CCC(c1ccc(F)cc1)c1ccc(F)cc1)N1CCC(N(C2CC2)S(=O)(=O)c2ccccc2)CC1. The largest absolute Gasteiger partial charge is 0.343 e. The zero-order valence-corrected chi connectivity index (χ0v) is 22.0. The first-order chi connectivity index (χ1) is 18.3. The van der Waals surface area contributed by atoms with Gasteiger partial charge in [-0.15, -0.1) is 0 Å². The molecule has 3 aromatic carbocycles. The standard InChI is InChI=1S/C30H32F2N2O3S/c31-24-10-6-22(7-11-24)29(23-8-12-25(32)13-9-23)16-17-30(35)33-20-18-27(19-21-33)34(26-14-15-26)38(36,37)28-4-2-1-3-5-28/h1-13,26-27,29H,14-21H2. The van der Waals surface area contributed by atoms with Crippen LogP contribution in [0.3, 0.4) is 0 Å². The molecule has 5 nitrogen and oxygen atoms in total. The molecule has 1 aliphatic heterocycles. The number of hydrogen-bond donors (Lipinski definition) is 0. The lowest BCUT2D eigenvalue weighted by Gasteiger charge is -2.38. The molecule has 5 rings (SSSR count). The quantitative estimate of drug-likeness (QED) is 0.350. The van der Waals surface area contributed by atoms with Crippen LogP contribution in [0, 0.1) is 11.6 Å². The lowest BCUT2D eigenvalue weighted by Crippen LogP contribution is -2.49. The molecule has 1 amide bonds. The van der Waals surface area contributed by atoms with Gasteiger partial charge in [-0.25, -0.2) is 17.2 Å². The number of halogens is 2. The predicted octanol–water partition coefficient (Wildman–Crippen LogP) is 5.72. The second-order valence-corrected chi connectivity index (χ2v) is 12.0. The van der Waals surface area contributed by atoms with Crippen molar-refractivity contribution in [2.75, 3.05) is 13.1 Å². The Bertz CT molecular complexity index is 1290. The van der Waals surface area contributed by atoms with E-state index in [1.165, 1.54) is 24.3 Å². The zero-order chi connectivity index (χ0) is 26.7. The lowest BCUT2D eigenvalue weighted by molar-refractivity contribution is -0.132. The smallest absolute Gasteiger partial charge is 0.243 e. The van der Waals surface area contributed by atoms with Crippen molar-refractivity contribution in [1.82, 2.24) is 9.21 Å². The summed E-state index contributed by atoms with van der Waals surface area (Å²) in [6, 6.07) is 20.9. The van der Waals surface area contributed by atoms with Crippen LogP contribution in [-0.4, -0.2) is 48.7 Å². The fraction of sp³-hybridized carbons (Fsp3) is 0.367. The molecule has 2 aliphatic rings. The summed E-state index contributed by atoms with van der Waals surface area (Å²) in [6.45, 7) is 1.02. The van der Waals surface area contributed by atoms with Gasteiger partial charge < -0.3 is 4.90 Å². The van der Waals surface area contributed by atoms with E-state index in [-0.39, 0.29) is 35.5 Å². The molecular formula is C30H32F2N2O3S. The number of rotatable bonds is 9. The third-order valence-corrected chi connectivity index (χ3v) is 9.61. The highest BCUT2D eigenvalue weighted by Crippen LogP contribution is 2.37. The second-order valence-electron chi connectivity index (χ2n) is 10.2. The topological polar surface area (TPSA) is 57.7 Å². The van der Waals surface area contributed by atoms with Crippen LogP contribution in [0.1, 0.15) is 55.6 Å². The molecule has 0 unspecified atom stereocenters. The van der Waals surface area contributed by atoms with Crippen molar-refractivity contribution in [3.05, 3.63) is 102 Å². The summed E-state index contributed by atoms with van der Waals surface area (Å²) in [7, 11) is -3.59.